The number of amides is 2. The monoisotopic (exact) mass is 239 g/mol. The van der Waals surface area contributed by atoms with Gasteiger partial charge in [0.25, 0.3) is 0 Å². The summed E-state index contributed by atoms with van der Waals surface area (Å²) in [4.78, 5) is 14.3. The van der Waals surface area contributed by atoms with E-state index in [9.17, 15) is 4.79 Å². The van der Waals surface area contributed by atoms with Crippen molar-refractivity contribution >= 4 is 17.4 Å². The molecule has 0 aromatic carbocycles. The van der Waals surface area contributed by atoms with Crippen LogP contribution in [0.5, 0.6) is 0 Å². The number of carbonyl (C=O) groups is 1. The Morgan fingerprint density at radius 1 is 1.62 bits per heavy atom. The first kappa shape index (κ1) is 11.4. The molecule has 0 radical (unpaired) electrons. The van der Waals surface area contributed by atoms with Crippen LogP contribution in [0, 0.1) is 0 Å². The van der Waals surface area contributed by atoms with Crippen LogP contribution in [-0.4, -0.2) is 37.1 Å². The Bertz CT molecular complexity index is 352. The quantitative estimate of drug-likeness (QED) is 0.815. The number of primary amides is 1. The van der Waals surface area contributed by atoms with Crippen molar-refractivity contribution in [2.75, 3.05) is 20.1 Å². The van der Waals surface area contributed by atoms with Crippen LogP contribution in [0.1, 0.15) is 17.2 Å². The van der Waals surface area contributed by atoms with Gasteiger partial charge < -0.3 is 16.0 Å². The van der Waals surface area contributed by atoms with E-state index in [0.29, 0.717) is 18.5 Å². The van der Waals surface area contributed by atoms with Crippen LogP contribution >= 0.6 is 11.3 Å². The minimum absolute atomic E-state index is 0.318. The van der Waals surface area contributed by atoms with E-state index in [0.717, 1.165) is 13.0 Å². The van der Waals surface area contributed by atoms with Crippen LogP contribution in [0.15, 0.2) is 17.5 Å². The molecule has 1 aliphatic rings. The average molecular weight is 239 g/mol. The van der Waals surface area contributed by atoms with E-state index in [-0.39, 0.29) is 6.03 Å². The molecule has 1 fully saturated rings. The second kappa shape index (κ2) is 4.84. The summed E-state index contributed by atoms with van der Waals surface area (Å²) in [5, 5.41) is 5.31. The lowest BCUT2D eigenvalue weighted by Crippen LogP contribution is -2.51. The number of hydrogen-bond acceptors (Lipinski definition) is 3. The van der Waals surface area contributed by atoms with E-state index in [2.05, 4.69) is 22.8 Å². The number of hydrogen-bond donors (Lipinski definition) is 2. The zero-order valence-electron chi connectivity index (χ0n) is 9.35. The van der Waals surface area contributed by atoms with Crippen LogP contribution < -0.4 is 11.1 Å². The number of nitrogens with one attached hydrogen (secondary N) is 1. The second-order valence-corrected chi connectivity index (χ2v) is 5.16. The molecule has 4 nitrogen and oxygen atoms in total. The molecule has 1 aliphatic heterocycles. The highest BCUT2D eigenvalue weighted by Gasteiger charge is 2.29. The highest BCUT2D eigenvalue weighted by atomic mass is 32.1. The van der Waals surface area contributed by atoms with E-state index in [4.69, 9.17) is 5.73 Å². The molecule has 2 heterocycles. The van der Waals surface area contributed by atoms with Crippen molar-refractivity contribution in [3.8, 4) is 0 Å². The number of carbonyl (C=O) groups excluding carboxylic acids is 1. The highest BCUT2D eigenvalue weighted by molar-refractivity contribution is 7.10. The lowest BCUT2D eigenvalue weighted by molar-refractivity contribution is 0.175. The van der Waals surface area contributed by atoms with E-state index >= 15 is 0 Å². The summed E-state index contributed by atoms with van der Waals surface area (Å²) in [6.07, 6.45) is 1.07. The van der Waals surface area contributed by atoms with Gasteiger partial charge >= 0.3 is 6.03 Å². The van der Waals surface area contributed by atoms with Gasteiger partial charge in [-0.1, -0.05) is 6.07 Å². The van der Waals surface area contributed by atoms with Crippen LogP contribution in [-0.2, 0) is 0 Å². The molecule has 88 valence electrons. The third kappa shape index (κ3) is 2.36. The normalized spacial score (nSPS) is 25.7. The van der Waals surface area contributed by atoms with Gasteiger partial charge in [-0.05, 0) is 24.9 Å². The van der Waals surface area contributed by atoms with Crippen molar-refractivity contribution in [1.29, 1.82) is 0 Å². The van der Waals surface area contributed by atoms with E-state index in [1.807, 2.05) is 7.05 Å². The summed E-state index contributed by atoms with van der Waals surface area (Å²) >= 11 is 1.75. The molecule has 1 aromatic heterocycles. The van der Waals surface area contributed by atoms with Gasteiger partial charge in [-0.15, -0.1) is 11.3 Å². The maximum absolute atomic E-state index is 11.3. The molecule has 5 heteroatoms. The van der Waals surface area contributed by atoms with E-state index in [1.165, 1.54) is 4.88 Å². The lowest BCUT2D eigenvalue weighted by Gasteiger charge is -2.36. The number of likely N-dealkylation sites (N-methyl/N-ethyl adjacent to an activating group) is 1. The Morgan fingerprint density at radius 2 is 2.44 bits per heavy atom. The molecule has 1 aromatic rings. The predicted octanol–water partition coefficient (Wildman–Crippen LogP) is 1.20. The van der Waals surface area contributed by atoms with Gasteiger partial charge in [-0.25, -0.2) is 4.79 Å². The standard InChI is InChI=1S/C11H17N3OS/c1-13-9-5-8(10-3-2-4-16-10)6-14(7-9)11(12)15/h2-4,8-9,13H,5-7H2,1H3,(H2,12,15). The first-order chi connectivity index (χ1) is 7.70. The smallest absolute Gasteiger partial charge is 0.314 e. The Morgan fingerprint density at radius 3 is 3.00 bits per heavy atom. The molecule has 2 unspecified atom stereocenters. The number of piperidine rings is 1. The summed E-state index contributed by atoms with van der Waals surface area (Å²) in [6, 6.07) is 4.21. The maximum atomic E-state index is 11.3. The first-order valence-corrected chi connectivity index (χ1v) is 6.33. The first-order valence-electron chi connectivity index (χ1n) is 5.45. The van der Waals surface area contributed by atoms with Gasteiger partial charge in [0.1, 0.15) is 0 Å². The molecule has 0 saturated carbocycles. The SMILES string of the molecule is CNC1CC(c2cccs2)CN(C(N)=O)C1. The summed E-state index contributed by atoms with van der Waals surface area (Å²) < 4.78 is 0. The minimum atomic E-state index is -0.318. The van der Waals surface area contributed by atoms with Gasteiger partial charge in [-0.2, -0.15) is 0 Å². The zero-order chi connectivity index (χ0) is 11.5. The number of rotatable bonds is 2. The van der Waals surface area contributed by atoms with Gasteiger partial charge in [0.2, 0.25) is 0 Å². The largest absolute Gasteiger partial charge is 0.351 e. The zero-order valence-corrected chi connectivity index (χ0v) is 10.2. The molecule has 2 atom stereocenters. The summed E-state index contributed by atoms with van der Waals surface area (Å²) in [7, 11) is 1.93. The third-order valence-corrected chi connectivity index (χ3v) is 4.15. The van der Waals surface area contributed by atoms with E-state index in [1.54, 1.807) is 16.2 Å². The van der Waals surface area contributed by atoms with Crippen molar-refractivity contribution in [2.45, 2.75) is 18.4 Å². The number of thiophene rings is 1. The Balaban J connectivity index is 2.11. The van der Waals surface area contributed by atoms with Gasteiger partial charge in [-0.3, -0.25) is 0 Å². The number of likely N-dealkylation sites (tertiary alicyclic amines) is 1. The molecule has 1 saturated heterocycles. The molecule has 0 spiro atoms. The number of urea groups is 1. The van der Waals surface area contributed by atoms with Crippen LogP contribution in [0.3, 0.4) is 0 Å². The summed E-state index contributed by atoms with van der Waals surface area (Å²) in [5.74, 6) is 0.415. The van der Waals surface area contributed by atoms with E-state index < -0.39 is 0 Å². The van der Waals surface area contributed by atoms with Crippen molar-refractivity contribution in [3.05, 3.63) is 22.4 Å². The summed E-state index contributed by atoms with van der Waals surface area (Å²) in [6.45, 7) is 1.46. The molecule has 16 heavy (non-hydrogen) atoms. The predicted molar refractivity (Wildman–Crippen MR) is 65.7 cm³/mol. The van der Waals surface area contributed by atoms with Crippen molar-refractivity contribution in [1.82, 2.24) is 10.2 Å². The van der Waals surface area contributed by atoms with Crippen LogP contribution in [0.2, 0.25) is 0 Å². The fraction of sp³-hybridized carbons (Fsp3) is 0.545. The van der Waals surface area contributed by atoms with Gasteiger partial charge in [0.15, 0.2) is 0 Å². The van der Waals surface area contributed by atoms with Gasteiger partial charge in [0.05, 0.1) is 0 Å². The topological polar surface area (TPSA) is 58.4 Å². The maximum Gasteiger partial charge on any atom is 0.314 e. The molecular formula is C11H17N3OS. The molecule has 2 amide bonds. The summed E-state index contributed by atoms with van der Waals surface area (Å²) in [5.41, 5.74) is 5.36. The highest BCUT2D eigenvalue weighted by Crippen LogP contribution is 2.29. The molecular weight excluding hydrogens is 222 g/mol. The van der Waals surface area contributed by atoms with Gasteiger partial charge in [0, 0.05) is 29.9 Å². The molecule has 3 N–H and O–H groups in total. The number of nitrogens with zero attached hydrogens (tertiary/aromatic N) is 1. The van der Waals surface area contributed by atoms with Crippen LogP contribution in [0.4, 0.5) is 4.79 Å². The fourth-order valence-electron chi connectivity index (χ4n) is 2.22. The van der Waals surface area contributed by atoms with Crippen LogP contribution in [0.25, 0.3) is 0 Å². The Kier molecular flexibility index (Phi) is 3.46. The minimum Gasteiger partial charge on any atom is -0.351 e. The number of nitrogens with two attached hydrogens (primary N) is 1. The lowest BCUT2D eigenvalue weighted by atomic mass is 9.93. The molecule has 2 rings (SSSR count). The average Bonchev–Trinajstić information content (AvgIpc) is 2.81. The third-order valence-electron chi connectivity index (χ3n) is 3.12. The molecule has 0 aliphatic carbocycles. The van der Waals surface area contributed by atoms with Crippen molar-refractivity contribution < 1.29 is 4.79 Å². The van der Waals surface area contributed by atoms with Crippen molar-refractivity contribution in [3.63, 3.8) is 0 Å². The Hall–Kier alpha value is -1.07. The van der Waals surface area contributed by atoms with Crippen molar-refractivity contribution in [2.24, 2.45) is 5.73 Å². The molecule has 0 bridgehead atoms. The second-order valence-electron chi connectivity index (χ2n) is 4.18. The Labute approximate surface area is 99.4 Å². The fourth-order valence-corrected chi connectivity index (χ4v) is 3.05.